The Kier molecular flexibility index (Phi) is 2.67. The summed E-state index contributed by atoms with van der Waals surface area (Å²) in [5.41, 5.74) is 5.14. The van der Waals surface area contributed by atoms with Crippen molar-refractivity contribution < 1.29 is 0 Å². The molecule has 23 heavy (non-hydrogen) atoms. The summed E-state index contributed by atoms with van der Waals surface area (Å²) in [4.78, 5) is 0.984. The van der Waals surface area contributed by atoms with E-state index in [1.165, 1.54) is 43.8 Å². The summed E-state index contributed by atoms with van der Waals surface area (Å²) in [6, 6.07) is 26.1. The van der Waals surface area contributed by atoms with Gasteiger partial charge in [-0.05, 0) is 62.4 Å². The number of thiocarbonyl (C=S) groups is 1. The SMILES string of the molecule is S=C1c2cc3ccccc3cc2Cc2cc3ccccc3cc21. The maximum Gasteiger partial charge on any atom is 0.0528 e. The van der Waals surface area contributed by atoms with Crippen LogP contribution in [0.2, 0.25) is 0 Å². The van der Waals surface area contributed by atoms with E-state index < -0.39 is 0 Å². The minimum absolute atomic E-state index is 0.959. The molecule has 0 spiro atoms. The zero-order valence-electron chi connectivity index (χ0n) is 12.5. The van der Waals surface area contributed by atoms with Crippen LogP contribution in [0.5, 0.6) is 0 Å². The molecule has 0 saturated carbocycles. The quantitative estimate of drug-likeness (QED) is 0.332. The predicted molar refractivity (Wildman–Crippen MR) is 102 cm³/mol. The topological polar surface area (TPSA) is 0 Å². The summed E-state index contributed by atoms with van der Waals surface area (Å²) in [6.07, 6.45) is 0.959. The highest BCUT2D eigenvalue weighted by atomic mass is 32.1. The Hall–Kier alpha value is -2.51. The normalized spacial score (nSPS) is 13.1. The van der Waals surface area contributed by atoms with E-state index in [2.05, 4.69) is 72.8 Å². The van der Waals surface area contributed by atoms with E-state index in [-0.39, 0.29) is 0 Å². The molecule has 0 fully saturated rings. The van der Waals surface area contributed by atoms with E-state index in [0.29, 0.717) is 0 Å². The average Bonchev–Trinajstić information content (AvgIpc) is 2.59. The molecule has 0 amide bonds. The number of fused-ring (bicyclic) bond motifs is 4. The molecule has 0 unspecified atom stereocenters. The van der Waals surface area contributed by atoms with E-state index in [1.54, 1.807) is 0 Å². The van der Waals surface area contributed by atoms with Gasteiger partial charge in [0.25, 0.3) is 0 Å². The highest BCUT2D eigenvalue weighted by Crippen LogP contribution is 2.33. The van der Waals surface area contributed by atoms with Gasteiger partial charge in [0.05, 0.1) is 4.86 Å². The zero-order valence-corrected chi connectivity index (χ0v) is 13.4. The van der Waals surface area contributed by atoms with Gasteiger partial charge in [-0.3, -0.25) is 0 Å². The number of benzene rings is 4. The van der Waals surface area contributed by atoms with Crippen molar-refractivity contribution in [2.24, 2.45) is 0 Å². The summed E-state index contributed by atoms with van der Waals surface area (Å²) in [5.74, 6) is 0. The molecule has 0 N–H and O–H groups in total. The third-order valence-electron chi connectivity index (χ3n) is 4.81. The number of rotatable bonds is 0. The van der Waals surface area contributed by atoms with Crippen LogP contribution in [0.1, 0.15) is 22.3 Å². The van der Waals surface area contributed by atoms with Crippen molar-refractivity contribution in [3.63, 3.8) is 0 Å². The van der Waals surface area contributed by atoms with Crippen molar-refractivity contribution >= 4 is 38.6 Å². The summed E-state index contributed by atoms with van der Waals surface area (Å²) >= 11 is 5.84. The Morgan fingerprint density at radius 1 is 0.565 bits per heavy atom. The van der Waals surface area contributed by atoms with Gasteiger partial charge in [-0.25, -0.2) is 0 Å². The minimum atomic E-state index is 0.959. The molecule has 108 valence electrons. The summed E-state index contributed by atoms with van der Waals surface area (Å²) in [6.45, 7) is 0. The number of hydrogen-bond acceptors (Lipinski definition) is 1. The maximum absolute atomic E-state index is 5.84. The predicted octanol–water partition coefficient (Wildman–Crippen LogP) is 5.66. The molecule has 4 aromatic carbocycles. The van der Waals surface area contributed by atoms with Crippen molar-refractivity contribution in [2.75, 3.05) is 0 Å². The molecule has 0 heterocycles. The lowest BCUT2D eigenvalue weighted by atomic mass is 9.83. The molecule has 0 aliphatic heterocycles. The van der Waals surface area contributed by atoms with E-state index in [0.717, 1.165) is 11.3 Å². The Morgan fingerprint density at radius 3 is 1.39 bits per heavy atom. The molecule has 1 aliphatic carbocycles. The Morgan fingerprint density at radius 2 is 0.957 bits per heavy atom. The van der Waals surface area contributed by atoms with Gasteiger partial charge in [0.15, 0.2) is 0 Å². The standard InChI is InChI=1S/C22H14S/c23-22-20-12-16-7-3-1-5-14(16)9-18(20)11-19-10-15-6-2-4-8-17(15)13-21(19)22/h1-10,12-13H,11H2. The second kappa shape index (κ2) is 4.74. The highest BCUT2D eigenvalue weighted by molar-refractivity contribution is 7.81. The molecule has 0 saturated heterocycles. The van der Waals surface area contributed by atoms with Gasteiger partial charge in [-0.2, -0.15) is 0 Å². The molecular weight excluding hydrogens is 296 g/mol. The van der Waals surface area contributed by atoms with Crippen molar-refractivity contribution in [3.8, 4) is 0 Å². The highest BCUT2D eigenvalue weighted by Gasteiger charge is 2.21. The van der Waals surface area contributed by atoms with Crippen molar-refractivity contribution in [1.82, 2.24) is 0 Å². The number of hydrogen-bond donors (Lipinski definition) is 0. The first-order valence-electron chi connectivity index (χ1n) is 7.88. The second-order valence-electron chi connectivity index (χ2n) is 6.22. The first kappa shape index (κ1) is 13.0. The molecule has 0 bridgehead atoms. The molecule has 5 rings (SSSR count). The smallest absolute Gasteiger partial charge is 0.0528 e. The van der Waals surface area contributed by atoms with Crippen LogP contribution in [-0.4, -0.2) is 4.86 Å². The summed E-state index contributed by atoms with van der Waals surface area (Å²) in [5, 5.41) is 5.10. The Labute approximate surface area is 140 Å². The van der Waals surface area contributed by atoms with Gasteiger partial charge < -0.3 is 0 Å². The lowest BCUT2D eigenvalue weighted by Gasteiger charge is -2.22. The lowest BCUT2D eigenvalue weighted by Crippen LogP contribution is -2.14. The van der Waals surface area contributed by atoms with Crippen molar-refractivity contribution in [1.29, 1.82) is 0 Å². The van der Waals surface area contributed by atoms with Gasteiger partial charge in [-0.15, -0.1) is 0 Å². The molecule has 0 nitrogen and oxygen atoms in total. The van der Waals surface area contributed by atoms with Crippen molar-refractivity contribution in [2.45, 2.75) is 6.42 Å². The Bertz CT molecular complexity index is 1020. The van der Waals surface area contributed by atoms with Crippen molar-refractivity contribution in [3.05, 3.63) is 95.1 Å². The van der Waals surface area contributed by atoms with Crippen LogP contribution in [0.3, 0.4) is 0 Å². The summed E-state index contributed by atoms with van der Waals surface area (Å²) in [7, 11) is 0. The Balaban J connectivity index is 1.78. The third-order valence-corrected chi connectivity index (χ3v) is 5.25. The molecule has 0 aromatic heterocycles. The van der Waals surface area contributed by atoms with Crippen LogP contribution in [0, 0.1) is 0 Å². The fourth-order valence-corrected chi connectivity index (χ4v) is 4.02. The zero-order chi connectivity index (χ0) is 15.4. The molecule has 0 radical (unpaired) electrons. The van der Waals surface area contributed by atoms with Crippen LogP contribution in [0.4, 0.5) is 0 Å². The average molecular weight is 310 g/mol. The summed E-state index contributed by atoms with van der Waals surface area (Å²) < 4.78 is 0. The van der Waals surface area contributed by atoms with Gasteiger partial charge in [0, 0.05) is 0 Å². The molecule has 4 aromatic rings. The van der Waals surface area contributed by atoms with Crippen LogP contribution in [0.25, 0.3) is 21.5 Å². The molecular formula is C22H14S. The van der Waals surface area contributed by atoms with E-state index in [9.17, 15) is 0 Å². The fraction of sp³-hybridized carbons (Fsp3) is 0.0455. The van der Waals surface area contributed by atoms with Gasteiger partial charge >= 0.3 is 0 Å². The first-order chi connectivity index (χ1) is 11.3. The van der Waals surface area contributed by atoms with Crippen LogP contribution < -0.4 is 0 Å². The van der Waals surface area contributed by atoms with E-state index >= 15 is 0 Å². The second-order valence-corrected chi connectivity index (χ2v) is 6.63. The van der Waals surface area contributed by atoms with Crippen LogP contribution in [-0.2, 0) is 6.42 Å². The largest absolute Gasteiger partial charge is 0.0788 e. The fourth-order valence-electron chi connectivity index (χ4n) is 3.64. The monoisotopic (exact) mass is 310 g/mol. The first-order valence-corrected chi connectivity index (χ1v) is 8.28. The minimum Gasteiger partial charge on any atom is -0.0788 e. The van der Waals surface area contributed by atoms with Gasteiger partial charge in [0.1, 0.15) is 0 Å². The van der Waals surface area contributed by atoms with Gasteiger partial charge in [0.2, 0.25) is 0 Å². The lowest BCUT2D eigenvalue weighted by molar-refractivity contribution is 1.17. The van der Waals surface area contributed by atoms with Crippen LogP contribution in [0.15, 0.2) is 72.8 Å². The molecule has 1 heteroatoms. The van der Waals surface area contributed by atoms with Crippen LogP contribution >= 0.6 is 12.2 Å². The van der Waals surface area contributed by atoms with E-state index in [1.807, 2.05) is 0 Å². The van der Waals surface area contributed by atoms with E-state index in [4.69, 9.17) is 12.2 Å². The van der Waals surface area contributed by atoms with Gasteiger partial charge in [-0.1, -0.05) is 72.9 Å². The molecule has 0 atom stereocenters. The maximum atomic E-state index is 5.84. The molecule has 1 aliphatic rings. The third kappa shape index (κ3) is 1.94.